The maximum atomic E-state index is 12.4. The molecule has 0 aliphatic carbocycles. The second kappa shape index (κ2) is 5.87. The summed E-state index contributed by atoms with van der Waals surface area (Å²) in [6, 6.07) is 9.24. The number of piperazine rings is 1. The Bertz CT molecular complexity index is 647. The number of rotatable bonds is 2. The van der Waals surface area contributed by atoms with Gasteiger partial charge in [-0.3, -0.25) is 9.89 Å². The Labute approximate surface area is 128 Å². The fourth-order valence-electron chi connectivity index (χ4n) is 2.42. The van der Waals surface area contributed by atoms with Gasteiger partial charge in [0, 0.05) is 31.7 Å². The molecule has 0 saturated carbocycles. The van der Waals surface area contributed by atoms with Crippen molar-refractivity contribution in [3.63, 3.8) is 0 Å². The number of benzene rings is 1. The van der Waals surface area contributed by atoms with Crippen molar-refractivity contribution in [2.24, 2.45) is 0 Å². The Hall–Kier alpha value is -1.85. The van der Waals surface area contributed by atoms with E-state index in [9.17, 15) is 4.79 Å². The third kappa shape index (κ3) is 2.94. The van der Waals surface area contributed by atoms with Gasteiger partial charge in [0.2, 0.25) is 0 Å². The van der Waals surface area contributed by atoms with Crippen LogP contribution < -0.4 is 0 Å². The maximum absolute atomic E-state index is 12.4. The zero-order chi connectivity index (χ0) is 14.8. The van der Waals surface area contributed by atoms with Crippen LogP contribution >= 0.6 is 11.6 Å². The minimum absolute atomic E-state index is 0.00564. The van der Waals surface area contributed by atoms with Crippen molar-refractivity contribution in [3.05, 3.63) is 41.0 Å². The summed E-state index contributed by atoms with van der Waals surface area (Å²) < 4.78 is 0. The van der Waals surface area contributed by atoms with Crippen molar-refractivity contribution < 1.29 is 4.79 Å². The van der Waals surface area contributed by atoms with Crippen LogP contribution in [0.5, 0.6) is 0 Å². The summed E-state index contributed by atoms with van der Waals surface area (Å²) in [5.41, 5.74) is 2.03. The molecule has 1 aliphatic heterocycles. The molecular formula is C15H17ClN4O. The average molecular weight is 305 g/mol. The summed E-state index contributed by atoms with van der Waals surface area (Å²) in [5.74, 6) is -0.00564. The van der Waals surface area contributed by atoms with Crippen molar-refractivity contribution in [2.45, 2.75) is 0 Å². The van der Waals surface area contributed by atoms with Gasteiger partial charge in [-0.1, -0.05) is 29.8 Å². The number of amides is 1. The van der Waals surface area contributed by atoms with E-state index in [1.165, 1.54) is 0 Å². The predicted molar refractivity (Wildman–Crippen MR) is 82.4 cm³/mol. The van der Waals surface area contributed by atoms with Crippen LogP contribution in [0.25, 0.3) is 11.3 Å². The lowest BCUT2D eigenvalue weighted by Gasteiger charge is -2.32. The zero-order valence-electron chi connectivity index (χ0n) is 11.8. The second-order valence-electron chi connectivity index (χ2n) is 5.24. The molecule has 1 saturated heterocycles. The van der Waals surface area contributed by atoms with Crippen molar-refractivity contribution in [2.75, 3.05) is 33.2 Å². The molecule has 0 spiro atoms. The molecule has 3 rings (SSSR count). The van der Waals surface area contributed by atoms with E-state index in [0.29, 0.717) is 16.4 Å². The molecule has 5 nitrogen and oxygen atoms in total. The highest BCUT2D eigenvalue weighted by Gasteiger charge is 2.22. The predicted octanol–water partition coefficient (Wildman–Crippen LogP) is 2.12. The number of likely N-dealkylation sites (N-methyl/N-ethyl adjacent to an activating group) is 1. The van der Waals surface area contributed by atoms with Crippen LogP contribution in [-0.4, -0.2) is 59.1 Å². The Kier molecular flexibility index (Phi) is 3.94. The van der Waals surface area contributed by atoms with Crippen LogP contribution in [0.3, 0.4) is 0 Å². The van der Waals surface area contributed by atoms with E-state index in [-0.39, 0.29) is 5.91 Å². The molecule has 2 aromatic rings. The Balaban J connectivity index is 1.79. The van der Waals surface area contributed by atoms with Crippen LogP contribution in [0, 0.1) is 0 Å². The third-order valence-electron chi connectivity index (χ3n) is 3.75. The van der Waals surface area contributed by atoms with Crippen molar-refractivity contribution >= 4 is 17.5 Å². The highest BCUT2D eigenvalue weighted by Crippen LogP contribution is 2.26. The molecule has 1 aliphatic rings. The number of aromatic nitrogens is 2. The fourth-order valence-corrected chi connectivity index (χ4v) is 2.65. The normalized spacial score (nSPS) is 16.2. The number of carbonyl (C=O) groups is 1. The molecule has 1 fully saturated rings. The lowest BCUT2D eigenvalue weighted by atomic mass is 10.1. The van der Waals surface area contributed by atoms with Gasteiger partial charge in [0.15, 0.2) is 0 Å². The summed E-state index contributed by atoms with van der Waals surface area (Å²) >= 11 is 6.16. The van der Waals surface area contributed by atoms with Gasteiger partial charge in [0.05, 0.1) is 10.7 Å². The van der Waals surface area contributed by atoms with Crippen molar-refractivity contribution in [3.8, 4) is 11.3 Å². The Morgan fingerprint density at radius 1 is 1.24 bits per heavy atom. The van der Waals surface area contributed by atoms with Crippen molar-refractivity contribution in [1.29, 1.82) is 0 Å². The number of hydrogen-bond acceptors (Lipinski definition) is 3. The fraction of sp³-hybridized carbons (Fsp3) is 0.333. The van der Waals surface area contributed by atoms with E-state index < -0.39 is 0 Å². The molecule has 6 heteroatoms. The van der Waals surface area contributed by atoms with Gasteiger partial charge in [-0.15, -0.1) is 0 Å². The first kappa shape index (κ1) is 14.1. The van der Waals surface area contributed by atoms with Crippen LogP contribution in [0.4, 0.5) is 0 Å². The van der Waals surface area contributed by atoms with E-state index in [2.05, 4.69) is 22.1 Å². The Morgan fingerprint density at radius 2 is 1.95 bits per heavy atom. The van der Waals surface area contributed by atoms with E-state index in [1.807, 2.05) is 29.2 Å². The SMILES string of the molecule is CN1CCN(C(=O)c2cc(-c3ccccc3Cl)n[nH]2)CC1. The molecule has 0 radical (unpaired) electrons. The Morgan fingerprint density at radius 3 is 2.67 bits per heavy atom. The summed E-state index contributed by atoms with van der Waals surface area (Å²) in [5, 5.41) is 7.66. The molecule has 1 aromatic carbocycles. The van der Waals surface area contributed by atoms with E-state index in [4.69, 9.17) is 11.6 Å². The zero-order valence-corrected chi connectivity index (χ0v) is 12.6. The summed E-state index contributed by atoms with van der Waals surface area (Å²) in [7, 11) is 2.06. The van der Waals surface area contributed by atoms with E-state index in [0.717, 1.165) is 31.7 Å². The van der Waals surface area contributed by atoms with E-state index >= 15 is 0 Å². The third-order valence-corrected chi connectivity index (χ3v) is 4.08. The lowest BCUT2D eigenvalue weighted by Crippen LogP contribution is -2.47. The molecule has 0 atom stereocenters. The van der Waals surface area contributed by atoms with Crippen LogP contribution in [0.1, 0.15) is 10.5 Å². The number of H-pyrrole nitrogens is 1. The van der Waals surface area contributed by atoms with Gasteiger partial charge >= 0.3 is 0 Å². The largest absolute Gasteiger partial charge is 0.335 e. The number of nitrogens with one attached hydrogen (secondary N) is 1. The summed E-state index contributed by atoms with van der Waals surface area (Å²) in [6.45, 7) is 3.29. The minimum atomic E-state index is -0.00564. The number of hydrogen-bond donors (Lipinski definition) is 1. The van der Waals surface area contributed by atoms with Crippen LogP contribution in [0.15, 0.2) is 30.3 Å². The van der Waals surface area contributed by atoms with Crippen LogP contribution in [0.2, 0.25) is 5.02 Å². The molecule has 1 amide bonds. The molecule has 2 heterocycles. The maximum Gasteiger partial charge on any atom is 0.271 e. The van der Waals surface area contributed by atoms with Gasteiger partial charge in [-0.25, -0.2) is 0 Å². The highest BCUT2D eigenvalue weighted by atomic mass is 35.5. The number of carbonyl (C=O) groups excluding carboxylic acids is 1. The molecule has 21 heavy (non-hydrogen) atoms. The van der Waals surface area contributed by atoms with Gasteiger partial charge in [-0.2, -0.15) is 5.10 Å². The summed E-state index contributed by atoms with van der Waals surface area (Å²) in [6.07, 6.45) is 0. The molecule has 1 aromatic heterocycles. The first-order valence-corrected chi connectivity index (χ1v) is 7.31. The quantitative estimate of drug-likeness (QED) is 0.924. The topological polar surface area (TPSA) is 52.2 Å². The molecule has 110 valence electrons. The number of nitrogens with zero attached hydrogens (tertiary/aromatic N) is 3. The average Bonchev–Trinajstić information content (AvgIpc) is 2.97. The smallest absolute Gasteiger partial charge is 0.271 e. The van der Waals surface area contributed by atoms with Gasteiger partial charge < -0.3 is 9.80 Å². The minimum Gasteiger partial charge on any atom is -0.335 e. The standard InChI is InChI=1S/C15H17ClN4O/c1-19-6-8-20(9-7-19)15(21)14-10-13(17-18-14)11-4-2-3-5-12(11)16/h2-5,10H,6-9H2,1H3,(H,17,18). The second-order valence-corrected chi connectivity index (χ2v) is 5.65. The first-order chi connectivity index (χ1) is 10.1. The van der Waals surface area contributed by atoms with Gasteiger partial charge in [-0.05, 0) is 19.2 Å². The van der Waals surface area contributed by atoms with E-state index in [1.54, 1.807) is 6.07 Å². The molecule has 0 bridgehead atoms. The summed E-state index contributed by atoms with van der Waals surface area (Å²) in [4.78, 5) is 16.5. The van der Waals surface area contributed by atoms with Gasteiger partial charge in [0.1, 0.15) is 5.69 Å². The highest BCUT2D eigenvalue weighted by molar-refractivity contribution is 6.33. The van der Waals surface area contributed by atoms with Crippen molar-refractivity contribution in [1.82, 2.24) is 20.0 Å². The molecule has 0 unspecified atom stereocenters. The number of aromatic amines is 1. The van der Waals surface area contributed by atoms with Gasteiger partial charge in [0.25, 0.3) is 5.91 Å². The molecular weight excluding hydrogens is 288 g/mol. The number of halogens is 1. The molecule has 1 N–H and O–H groups in total. The lowest BCUT2D eigenvalue weighted by molar-refractivity contribution is 0.0658. The monoisotopic (exact) mass is 304 g/mol. The first-order valence-electron chi connectivity index (χ1n) is 6.93. The van der Waals surface area contributed by atoms with Crippen LogP contribution in [-0.2, 0) is 0 Å².